The number of nitrogens with two attached hydrogens (primary N) is 1. The van der Waals surface area contributed by atoms with Crippen LogP contribution in [-0.4, -0.2) is 6.10 Å². The summed E-state index contributed by atoms with van der Waals surface area (Å²) in [5.41, 5.74) is 4.43. The average Bonchev–Trinajstić information content (AvgIpc) is 3.31. The Kier molecular flexibility index (Phi) is 4.18. The fourth-order valence-electron chi connectivity index (χ4n) is 2.31. The summed E-state index contributed by atoms with van der Waals surface area (Å²) in [5, 5.41) is 0. The van der Waals surface area contributed by atoms with Crippen LogP contribution in [0.1, 0.15) is 30.0 Å². The number of hydrogen-bond donors (Lipinski definition) is 2. The molecule has 21 heavy (non-hydrogen) atoms. The van der Waals surface area contributed by atoms with E-state index in [2.05, 4.69) is 5.43 Å². The lowest BCUT2D eigenvalue weighted by Crippen LogP contribution is -2.29. The topological polar surface area (TPSA) is 47.3 Å². The number of hydrogen-bond acceptors (Lipinski definition) is 3. The highest BCUT2D eigenvalue weighted by Crippen LogP contribution is 2.28. The van der Waals surface area contributed by atoms with E-state index < -0.39 is 0 Å². The van der Waals surface area contributed by atoms with Crippen molar-refractivity contribution in [3.05, 3.63) is 65.5 Å². The van der Waals surface area contributed by atoms with Crippen molar-refractivity contribution in [2.24, 2.45) is 5.84 Å². The third-order valence-electron chi connectivity index (χ3n) is 3.69. The predicted molar refractivity (Wildman–Crippen MR) is 80.3 cm³/mol. The van der Waals surface area contributed by atoms with Crippen molar-refractivity contribution < 1.29 is 9.13 Å². The second-order valence-electron chi connectivity index (χ2n) is 5.40. The molecule has 1 unspecified atom stereocenters. The Bertz CT molecular complexity index is 596. The minimum absolute atomic E-state index is 0.128. The number of nitrogens with one attached hydrogen (secondary N) is 1. The summed E-state index contributed by atoms with van der Waals surface area (Å²) < 4.78 is 19.4. The van der Waals surface area contributed by atoms with E-state index in [9.17, 15) is 4.39 Å². The monoisotopic (exact) mass is 286 g/mol. The first-order chi connectivity index (χ1) is 10.3. The largest absolute Gasteiger partial charge is 0.490 e. The molecule has 1 aliphatic rings. The van der Waals surface area contributed by atoms with Gasteiger partial charge < -0.3 is 4.74 Å². The van der Waals surface area contributed by atoms with Gasteiger partial charge in [0.2, 0.25) is 0 Å². The van der Waals surface area contributed by atoms with Gasteiger partial charge in [-0.15, -0.1) is 0 Å². The Hall–Kier alpha value is -1.91. The number of ether oxygens (including phenoxy) is 1. The van der Waals surface area contributed by atoms with E-state index >= 15 is 0 Å². The van der Waals surface area contributed by atoms with Gasteiger partial charge >= 0.3 is 0 Å². The van der Waals surface area contributed by atoms with Gasteiger partial charge in [0.1, 0.15) is 11.6 Å². The molecule has 0 radical (unpaired) electrons. The third-order valence-corrected chi connectivity index (χ3v) is 3.69. The van der Waals surface area contributed by atoms with Gasteiger partial charge in [-0.3, -0.25) is 11.3 Å². The lowest BCUT2D eigenvalue weighted by atomic mass is 9.99. The first-order valence-electron chi connectivity index (χ1n) is 7.22. The molecular formula is C17H19FN2O. The van der Waals surface area contributed by atoms with Gasteiger partial charge in [0.15, 0.2) is 0 Å². The third kappa shape index (κ3) is 3.60. The Balaban J connectivity index is 1.71. The van der Waals surface area contributed by atoms with E-state index in [-0.39, 0.29) is 11.9 Å². The Morgan fingerprint density at radius 1 is 1.14 bits per heavy atom. The molecule has 2 aromatic carbocycles. The maximum Gasteiger partial charge on any atom is 0.126 e. The van der Waals surface area contributed by atoms with Crippen molar-refractivity contribution in [1.82, 2.24) is 5.43 Å². The second kappa shape index (κ2) is 6.24. The molecule has 0 amide bonds. The number of rotatable bonds is 6. The van der Waals surface area contributed by atoms with Crippen LogP contribution in [0.25, 0.3) is 0 Å². The minimum Gasteiger partial charge on any atom is -0.490 e. The summed E-state index contributed by atoms with van der Waals surface area (Å²) in [6, 6.07) is 14.5. The maximum atomic E-state index is 13.7. The first kappa shape index (κ1) is 14.0. The average molecular weight is 286 g/mol. The molecule has 3 nitrogen and oxygen atoms in total. The fourth-order valence-corrected chi connectivity index (χ4v) is 2.31. The van der Waals surface area contributed by atoms with Crippen LogP contribution in [0.5, 0.6) is 5.75 Å². The molecule has 110 valence electrons. The zero-order valence-electron chi connectivity index (χ0n) is 11.8. The van der Waals surface area contributed by atoms with E-state index in [1.165, 1.54) is 6.07 Å². The molecule has 0 aromatic heterocycles. The molecule has 3 rings (SSSR count). The molecule has 1 atom stereocenters. The molecular weight excluding hydrogens is 267 g/mol. The predicted octanol–water partition coefficient (Wildman–Crippen LogP) is 3.11. The SMILES string of the molecule is NNC(Cc1ccccc1F)c1ccc(OC2CC2)cc1. The van der Waals surface area contributed by atoms with Crippen molar-refractivity contribution in [2.75, 3.05) is 0 Å². The molecule has 0 spiro atoms. The first-order valence-corrected chi connectivity index (χ1v) is 7.22. The minimum atomic E-state index is -0.202. The fraction of sp³-hybridized carbons (Fsp3) is 0.294. The zero-order valence-corrected chi connectivity index (χ0v) is 11.8. The summed E-state index contributed by atoms with van der Waals surface area (Å²) in [5.74, 6) is 6.30. The van der Waals surface area contributed by atoms with E-state index in [1.807, 2.05) is 30.3 Å². The molecule has 1 fully saturated rings. The van der Waals surface area contributed by atoms with Crippen LogP contribution in [0.2, 0.25) is 0 Å². The van der Waals surface area contributed by atoms with Crippen molar-refractivity contribution in [1.29, 1.82) is 0 Å². The number of benzene rings is 2. The van der Waals surface area contributed by atoms with Crippen molar-refractivity contribution in [3.8, 4) is 5.75 Å². The molecule has 4 heteroatoms. The van der Waals surface area contributed by atoms with Crippen molar-refractivity contribution in [2.45, 2.75) is 31.4 Å². The summed E-state index contributed by atoms with van der Waals surface area (Å²) in [7, 11) is 0. The summed E-state index contributed by atoms with van der Waals surface area (Å²) in [4.78, 5) is 0. The van der Waals surface area contributed by atoms with E-state index in [0.29, 0.717) is 18.1 Å². The quantitative estimate of drug-likeness (QED) is 0.633. The van der Waals surface area contributed by atoms with Gasteiger partial charge in [0, 0.05) is 0 Å². The van der Waals surface area contributed by atoms with Gasteiger partial charge in [-0.1, -0.05) is 30.3 Å². The summed E-state index contributed by atoms with van der Waals surface area (Å²) in [6.07, 6.45) is 3.17. The Labute approximate surface area is 123 Å². The van der Waals surface area contributed by atoms with Crippen LogP contribution in [0.15, 0.2) is 48.5 Å². The van der Waals surface area contributed by atoms with Crippen LogP contribution >= 0.6 is 0 Å². The van der Waals surface area contributed by atoms with Gasteiger partial charge in [-0.2, -0.15) is 0 Å². The molecule has 2 aromatic rings. The highest BCUT2D eigenvalue weighted by Gasteiger charge is 2.23. The molecule has 1 aliphatic carbocycles. The molecule has 0 aliphatic heterocycles. The molecule has 0 bridgehead atoms. The standard InChI is InChI=1S/C17H19FN2O/c18-16-4-2-1-3-13(16)11-17(20-19)12-5-7-14(8-6-12)21-15-9-10-15/h1-8,15,17,20H,9-11,19H2. The van der Waals surface area contributed by atoms with Gasteiger partial charge in [-0.05, 0) is 48.6 Å². The molecule has 1 saturated carbocycles. The summed E-state index contributed by atoms with van der Waals surface area (Å²) in [6.45, 7) is 0. The van der Waals surface area contributed by atoms with Gasteiger partial charge in [0.05, 0.1) is 12.1 Å². The van der Waals surface area contributed by atoms with Gasteiger partial charge in [0.25, 0.3) is 0 Å². The Morgan fingerprint density at radius 2 is 1.86 bits per heavy atom. The smallest absolute Gasteiger partial charge is 0.126 e. The van der Waals surface area contributed by atoms with Crippen LogP contribution in [-0.2, 0) is 6.42 Å². The van der Waals surface area contributed by atoms with Crippen LogP contribution in [0.4, 0.5) is 4.39 Å². The number of hydrazine groups is 1. The van der Waals surface area contributed by atoms with Gasteiger partial charge in [-0.25, -0.2) is 4.39 Å². The van der Waals surface area contributed by atoms with Crippen molar-refractivity contribution in [3.63, 3.8) is 0 Å². The van der Waals surface area contributed by atoms with Crippen LogP contribution in [0.3, 0.4) is 0 Å². The van der Waals surface area contributed by atoms with E-state index in [4.69, 9.17) is 10.6 Å². The van der Waals surface area contributed by atoms with E-state index in [1.54, 1.807) is 12.1 Å². The van der Waals surface area contributed by atoms with Crippen molar-refractivity contribution >= 4 is 0 Å². The van der Waals surface area contributed by atoms with Crippen LogP contribution < -0.4 is 16.0 Å². The molecule has 0 heterocycles. The van der Waals surface area contributed by atoms with Crippen LogP contribution in [0, 0.1) is 5.82 Å². The highest BCUT2D eigenvalue weighted by molar-refractivity contribution is 5.31. The number of halogens is 1. The summed E-state index contributed by atoms with van der Waals surface area (Å²) >= 11 is 0. The second-order valence-corrected chi connectivity index (χ2v) is 5.40. The lowest BCUT2D eigenvalue weighted by Gasteiger charge is -2.17. The zero-order chi connectivity index (χ0) is 14.7. The normalized spacial score (nSPS) is 15.7. The Morgan fingerprint density at radius 3 is 2.48 bits per heavy atom. The maximum absolute atomic E-state index is 13.7. The lowest BCUT2D eigenvalue weighted by molar-refractivity contribution is 0.303. The molecule has 3 N–H and O–H groups in total. The van der Waals surface area contributed by atoms with E-state index in [0.717, 1.165) is 24.2 Å². The highest BCUT2D eigenvalue weighted by atomic mass is 19.1. The molecule has 0 saturated heterocycles.